The van der Waals surface area contributed by atoms with E-state index in [2.05, 4.69) is 17.2 Å². The van der Waals surface area contributed by atoms with Gasteiger partial charge in [0.25, 0.3) is 0 Å². The van der Waals surface area contributed by atoms with Gasteiger partial charge in [0.15, 0.2) is 5.96 Å². The van der Waals surface area contributed by atoms with E-state index in [0.717, 1.165) is 12.1 Å². The fourth-order valence-corrected chi connectivity index (χ4v) is 2.58. The number of aryl methyl sites for hydroxylation is 1. The molecule has 0 heterocycles. The lowest BCUT2D eigenvalue weighted by molar-refractivity contribution is 0.290. The molecule has 0 saturated carbocycles. The third-order valence-corrected chi connectivity index (χ3v) is 4.00. The summed E-state index contributed by atoms with van der Waals surface area (Å²) in [6, 6.07) is 11.1. The summed E-state index contributed by atoms with van der Waals surface area (Å²) >= 11 is 0. The van der Waals surface area contributed by atoms with Crippen LogP contribution in [0.3, 0.4) is 0 Å². The van der Waals surface area contributed by atoms with Crippen molar-refractivity contribution in [1.29, 1.82) is 0 Å². The van der Waals surface area contributed by atoms with E-state index >= 15 is 0 Å². The highest BCUT2D eigenvalue weighted by molar-refractivity contribution is 14.0. The Bertz CT molecular complexity index is 730. The summed E-state index contributed by atoms with van der Waals surface area (Å²) in [5.41, 5.74) is 7.94. The molecule has 2 rings (SSSR count). The number of guanidine groups is 1. The SMILES string of the molecule is CCc1cccc(NC(N)=NCC(c2c(F)cccc2F)N(C)C)c1.I. The molecular formula is C19H25F2IN4. The minimum atomic E-state index is -0.587. The van der Waals surface area contributed by atoms with Crippen molar-refractivity contribution in [3.05, 3.63) is 65.2 Å². The zero-order chi connectivity index (χ0) is 18.4. The van der Waals surface area contributed by atoms with Gasteiger partial charge in [-0.1, -0.05) is 25.1 Å². The minimum Gasteiger partial charge on any atom is -0.370 e. The highest BCUT2D eigenvalue weighted by atomic mass is 127. The molecule has 142 valence electrons. The maximum Gasteiger partial charge on any atom is 0.193 e. The number of aliphatic imine (C=N–C) groups is 1. The first-order valence-corrected chi connectivity index (χ1v) is 8.18. The maximum atomic E-state index is 14.1. The predicted octanol–water partition coefficient (Wildman–Crippen LogP) is 4.17. The monoisotopic (exact) mass is 474 g/mol. The molecule has 1 unspecified atom stereocenters. The average molecular weight is 474 g/mol. The van der Waals surface area contributed by atoms with E-state index in [9.17, 15) is 8.78 Å². The van der Waals surface area contributed by atoms with E-state index in [1.165, 1.54) is 23.8 Å². The van der Waals surface area contributed by atoms with Gasteiger partial charge in [0.2, 0.25) is 0 Å². The number of hydrogen-bond donors (Lipinski definition) is 2. The van der Waals surface area contributed by atoms with Gasteiger partial charge in [-0.05, 0) is 50.3 Å². The molecule has 0 bridgehead atoms. The first-order valence-electron chi connectivity index (χ1n) is 8.18. The van der Waals surface area contributed by atoms with Crippen LogP contribution >= 0.6 is 24.0 Å². The number of benzene rings is 2. The van der Waals surface area contributed by atoms with Crippen LogP contribution in [0.4, 0.5) is 14.5 Å². The Hall–Kier alpha value is -1.74. The molecule has 7 heteroatoms. The molecule has 2 aromatic carbocycles. The van der Waals surface area contributed by atoms with Gasteiger partial charge >= 0.3 is 0 Å². The van der Waals surface area contributed by atoms with Crippen molar-refractivity contribution >= 4 is 35.6 Å². The summed E-state index contributed by atoms with van der Waals surface area (Å²) in [7, 11) is 3.50. The first-order chi connectivity index (χ1) is 11.9. The highest BCUT2D eigenvalue weighted by Crippen LogP contribution is 2.24. The van der Waals surface area contributed by atoms with Gasteiger partial charge in [-0.15, -0.1) is 24.0 Å². The van der Waals surface area contributed by atoms with Crippen molar-refractivity contribution in [2.75, 3.05) is 26.0 Å². The Labute approximate surface area is 170 Å². The van der Waals surface area contributed by atoms with Crippen LogP contribution in [-0.2, 0) is 6.42 Å². The topological polar surface area (TPSA) is 53.6 Å². The van der Waals surface area contributed by atoms with E-state index in [0.29, 0.717) is 0 Å². The summed E-state index contributed by atoms with van der Waals surface area (Å²) in [4.78, 5) is 5.98. The van der Waals surface area contributed by atoms with E-state index in [1.54, 1.807) is 19.0 Å². The molecule has 0 spiro atoms. The molecule has 0 aliphatic heterocycles. The molecule has 0 aromatic heterocycles. The molecule has 0 amide bonds. The maximum absolute atomic E-state index is 14.1. The molecule has 0 fully saturated rings. The standard InChI is InChI=1S/C19H24F2N4.HI/c1-4-13-7-5-8-14(11-13)24-19(22)23-12-17(25(2)3)18-15(20)9-6-10-16(18)21;/h5-11,17H,4,12H2,1-3H3,(H3,22,23,24);1H. The van der Waals surface area contributed by atoms with Crippen LogP contribution in [0, 0.1) is 11.6 Å². The second-order valence-corrected chi connectivity index (χ2v) is 6.02. The van der Waals surface area contributed by atoms with Gasteiger partial charge in [0.05, 0.1) is 12.6 Å². The number of anilines is 1. The Morgan fingerprint density at radius 3 is 2.35 bits per heavy atom. The van der Waals surface area contributed by atoms with Gasteiger partial charge in [-0.2, -0.15) is 0 Å². The Balaban J connectivity index is 0.00000338. The first kappa shape index (κ1) is 22.3. The highest BCUT2D eigenvalue weighted by Gasteiger charge is 2.21. The number of likely N-dealkylation sites (N-methyl/N-ethyl adjacent to an activating group) is 1. The molecule has 0 aliphatic carbocycles. The molecular weight excluding hydrogens is 449 g/mol. The fraction of sp³-hybridized carbons (Fsp3) is 0.316. The summed E-state index contributed by atoms with van der Waals surface area (Å²) in [6.07, 6.45) is 0.918. The van der Waals surface area contributed by atoms with Crippen molar-refractivity contribution in [3.8, 4) is 0 Å². The zero-order valence-electron chi connectivity index (χ0n) is 15.2. The largest absolute Gasteiger partial charge is 0.370 e. The quantitative estimate of drug-likeness (QED) is 0.376. The Morgan fingerprint density at radius 1 is 1.15 bits per heavy atom. The second kappa shape index (κ2) is 10.4. The van der Waals surface area contributed by atoms with Crippen LogP contribution in [0.1, 0.15) is 24.1 Å². The van der Waals surface area contributed by atoms with Gasteiger partial charge in [-0.3, -0.25) is 4.99 Å². The molecule has 26 heavy (non-hydrogen) atoms. The minimum absolute atomic E-state index is 0. The number of nitrogens with zero attached hydrogens (tertiary/aromatic N) is 2. The third-order valence-electron chi connectivity index (χ3n) is 4.00. The van der Waals surface area contributed by atoms with Gasteiger partial charge in [0.1, 0.15) is 11.6 Å². The van der Waals surface area contributed by atoms with E-state index in [4.69, 9.17) is 5.73 Å². The molecule has 4 nitrogen and oxygen atoms in total. The molecule has 0 saturated heterocycles. The van der Waals surface area contributed by atoms with Gasteiger partial charge < -0.3 is 16.0 Å². The second-order valence-electron chi connectivity index (χ2n) is 6.02. The average Bonchev–Trinajstić information content (AvgIpc) is 2.57. The molecule has 0 aliphatic rings. The molecule has 3 N–H and O–H groups in total. The van der Waals surface area contributed by atoms with Crippen LogP contribution in [0.2, 0.25) is 0 Å². The molecule has 1 atom stereocenters. The van der Waals surface area contributed by atoms with Crippen LogP contribution in [0.15, 0.2) is 47.5 Å². The summed E-state index contributed by atoms with van der Waals surface area (Å²) in [5.74, 6) is -0.969. The summed E-state index contributed by atoms with van der Waals surface area (Å²) < 4.78 is 28.1. The van der Waals surface area contributed by atoms with Crippen LogP contribution in [-0.4, -0.2) is 31.5 Å². The lowest BCUT2D eigenvalue weighted by Gasteiger charge is -2.24. The lowest BCUT2D eigenvalue weighted by Crippen LogP contribution is -2.28. The third kappa shape index (κ3) is 5.91. The number of nitrogens with two attached hydrogens (primary N) is 1. The predicted molar refractivity (Wildman–Crippen MR) is 114 cm³/mol. The summed E-state index contributed by atoms with van der Waals surface area (Å²) in [5, 5.41) is 3.01. The van der Waals surface area contributed by atoms with Gasteiger partial charge in [-0.25, -0.2) is 8.78 Å². The number of rotatable bonds is 6. The Kier molecular flexibility index (Phi) is 8.94. The van der Waals surface area contributed by atoms with E-state index in [-0.39, 0.29) is 42.0 Å². The van der Waals surface area contributed by atoms with Crippen molar-refractivity contribution in [2.24, 2.45) is 10.7 Å². The van der Waals surface area contributed by atoms with E-state index < -0.39 is 17.7 Å². The van der Waals surface area contributed by atoms with Crippen molar-refractivity contribution in [1.82, 2.24) is 4.90 Å². The fourth-order valence-electron chi connectivity index (χ4n) is 2.58. The number of halogens is 3. The Morgan fingerprint density at radius 2 is 1.77 bits per heavy atom. The van der Waals surface area contributed by atoms with Gasteiger partial charge in [0, 0.05) is 11.3 Å². The normalized spacial score (nSPS) is 12.6. The van der Waals surface area contributed by atoms with E-state index in [1.807, 2.05) is 24.3 Å². The summed E-state index contributed by atoms with van der Waals surface area (Å²) in [6.45, 7) is 2.21. The van der Waals surface area contributed by atoms with Crippen LogP contribution < -0.4 is 11.1 Å². The van der Waals surface area contributed by atoms with Crippen LogP contribution in [0.5, 0.6) is 0 Å². The zero-order valence-corrected chi connectivity index (χ0v) is 17.5. The number of nitrogens with one attached hydrogen (secondary N) is 1. The van der Waals surface area contributed by atoms with Crippen LogP contribution in [0.25, 0.3) is 0 Å². The lowest BCUT2D eigenvalue weighted by atomic mass is 10.0. The smallest absolute Gasteiger partial charge is 0.193 e. The molecule has 0 radical (unpaired) electrons. The van der Waals surface area contributed by atoms with Crippen molar-refractivity contribution in [2.45, 2.75) is 19.4 Å². The van der Waals surface area contributed by atoms with Crippen molar-refractivity contribution < 1.29 is 8.78 Å². The number of hydrogen-bond acceptors (Lipinski definition) is 2. The van der Waals surface area contributed by atoms with Crippen molar-refractivity contribution in [3.63, 3.8) is 0 Å². The molecule has 2 aromatic rings.